The van der Waals surface area contributed by atoms with E-state index in [1.165, 1.54) is 0 Å². The molecule has 2 heterocycles. The number of rotatable bonds is 4. The van der Waals surface area contributed by atoms with Gasteiger partial charge in [-0.1, -0.05) is 0 Å². The number of nitrogens with one attached hydrogen (secondary N) is 1. The van der Waals surface area contributed by atoms with Gasteiger partial charge < -0.3 is 20.5 Å². The zero-order valence-electron chi connectivity index (χ0n) is 13.4. The van der Waals surface area contributed by atoms with Gasteiger partial charge in [-0.3, -0.25) is 9.69 Å². The van der Waals surface area contributed by atoms with Crippen LogP contribution in [0.25, 0.3) is 0 Å². The van der Waals surface area contributed by atoms with E-state index in [1.54, 1.807) is 0 Å². The van der Waals surface area contributed by atoms with E-state index in [2.05, 4.69) is 24.1 Å². The van der Waals surface area contributed by atoms with Gasteiger partial charge >= 0.3 is 0 Å². The molecule has 0 atom stereocenters. The molecular weight excluding hydrogens is 329 g/mol. The van der Waals surface area contributed by atoms with Crippen LogP contribution in [-0.2, 0) is 14.3 Å². The molecular formula is C14H29Cl2N3O3. The molecule has 132 valence electrons. The molecule has 2 saturated heterocycles. The Balaban J connectivity index is 0.00000220. The molecule has 3 N–H and O–H groups in total. The van der Waals surface area contributed by atoms with E-state index in [9.17, 15) is 4.79 Å². The van der Waals surface area contributed by atoms with Crippen LogP contribution in [0, 0.1) is 0 Å². The third-order valence-electron chi connectivity index (χ3n) is 4.39. The van der Waals surface area contributed by atoms with E-state index >= 15 is 0 Å². The fourth-order valence-corrected chi connectivity index (χ4v) is 2.72. The summed E-state index contributed by atoms with van der Waals surface area (Å²) in [4.78, 5) is 14.7. The van der Waals surface area contributed by atoms with Crippen LogP contribution in [-0.4, -0.2) is 67.9 Å². The maximum atomic E-state index is 12.3. The predicted octanol–water partition coefficient (Wildman–Crippen LogP) is 0.565. The Labute approximate surface area is 145 Å². The summed E-state index contributed by atoms with van der Waals surface area (Å²) in [6.07, 6.45) is 1.19. The Kier molecular flexibility index (Phi) is 9.20. The van der Waals surface area contributed by atoms with Gasteiger partial charge in [-0.2, -0.15) is 0 Å². The molecule has 8 heteroatoms. The summed E-state index contributed by atoms with van der Waals surface area (Å²) in [6, 6.07) is 0. The lowest BCUT2D eigenvalue weighted by atomic mass is 9.90. The topological polar surface area (TPSA) is 76.8 Å². The van der Waals surface area contributed by atoms with Crippen LogP contribution >= 0.6 is 24.8 Å². The highest BCUT2D eigenvalue weighted by Gasteiger charge is 2.37. The lowest BCUT2D eigenvalue weighted by molar-refractivity contribution is -0.130. The van der Waals surface area contributed by atoms with E-state index in [0.717, 1.165) is 26.3 Å². The molecule has 1 amide bonds. The van der Waals surface area contributed by atoms with Crippen molar-refractivity contribution in [3.05, 3.63) is 0 Å². The summed E-state index contributed by atoms with van der Waals surface area (Å²) in [5.74, 6) is -0.0536. The number of halogens is 2. The van der Waals surface area contributed by atoms with Crippen LogP contribution in [0.4, 0.5) is 0 Å². The monoisotopic (exact) mass is 357 g/mol. The molecule has 22 heavy (non-hydrogen) atoms. The molecule has 6 nitrogen and oxygen atoms in total. The standard InChI is InChI=1S/C14H27N3O3.2ClH/c1-13(2,17-5-9-20-10-6-17)11-16-12(18)14(15)3-7-19-8-4-14;;/h3-11,15H2,1-2H3,(H,16,18);2*1H. The van der Waals surface area contributed by atoms with Gasteiger partial charge in [0.05, 0.1) is 18.8 Å². The van der Waals surface area contributed by atoms with Crippen LogP contribution in [0.15, 0.2) is 0 Å². The van der Waals surface area contributed by atoms with Crippen LogP contribution < -0.4 is 11.1 Å². The van der Waals surface area contributed by atoms with Crippen LogP contribution in [0.1, 0.15) is 26.7 Å². The van der Waals surface area contributed by atoms with Crippen molar-refractivity contribution in [2.45, 2.75) is 37.8 Å². The second kappa shape index (κ2) is 9.25. The second-order valence-electron chi connectivity index (χ2n) is 6.36. The minimum atomic E-state index is -0.765. The maximum absolute atomic E-state index is 12.3. The summed E-state index contributed by atoms with van der Waals surface area (Å²) in [6.45, 7) is 9.36. The van der Waals surface area contributed by atoms with Crippen molar-refractivity contribution in [1.29, 1.82) is 0 Å². The number of ether oxygens (including phenoxy) is 2. The van der Waals surface area contributed by atoms with Crippen LogP contribution in [0.2, 0.25) is 0 Å². The van der Waals surface area contributed by atoms with Gasteiger partial charge in [0.1, 0.15) is 0 Å². The molecule has 0 saturated carbocycles. The molecule has 0 aromatic carbocycles. The quantitative estimate of drug-likeness (QED) is 0.768. The van der Waals surface area contributed by atoms with Gasteiger partial charge in [-0.05, 0) is 26.7 Å². The number of hydrogen-bond donors (Lipinski definition) is 2. The molecule has 0 bridgehead atoms. The van der Waals surface area contributed by atoms with Crippen molar-refractivity contribution in [2.24, 2.45) is 5.73 Å². The lowest BCUT2D eigenvalue weighted by Gasteiger charge is -2.41. The molecule has 0 radical (unpaired) electrons. The lowest BCUT2D eigenvalue weighted by Crippen LogP contribution is -2.61. The predicted molar refractivity (Wildman–Crippen MR) is 90.9 cm³/mol. The summed E-state index contributed by atoms with van der Waals surface area (Å²) in [5.41, 5.74) is 5.34. The molecule has 2 fully saturated rings. The van der Waals surface area contributed by atoms with Crippen LogP contribution in [0.3, 0.4) is 0 Å². The van der Waals surface area contributed by atoms with E-state index in [4.69, 9.17) is 15.2 Å². The van der Waals surface area contributed by atoms with Gasteiger partial charge in [-0.25, -0.2) is 0 Å². The highest BCUT2D eigenvalue weighted by atomic mass is 35.5. The minimum Gasteiger partial charge on any atom is -0.381 e. The third kappa shape index (κ3) is 5.51. The number of morpholine rings is 1. The Morgan fingerprint density at radius 1 is 1.14 bits per heavy atom. The summed E-state index contributed by atoms with van der Waals surface area (Å²) >= 11 is 0. The van der Waals surface area contributed by atoms with Crippen molar-refractivity contribution >= 4 is 30.7 Å². The Hall–Kier alpha value is -0.110. The van der Waals surface area contributed by atoms with Crippen molar-refractivity contribution in [3.8, 4) is 0 Å². The van der Waals surface area contributed by atoms with Crippen molar-refractivity contribution in [1.82, 2.24) is 10.2 Å². The van der Waals surface area contributed by atoms with Crippen molar-refractivity contribution in [2.75, 3.05) is 46.1 Å². The smallest absolute Gasteiger partial charge is 0.240 e. The highest BCUT2D eigenvalue weighted by Crippen LogP contribution is 2.19. The molecule has 2 rings (SSSR count). The van der Waals surface area contributed by atoms with Gasteiger partial charge in [0.2, 0.25) is 5.91 Å². The third-order valence-corrected chi connectivity index (χ3v) is 4.39. The van der Waals surface area contributed by atoms with Gasteiger partial charge in [0.25, 0.3) is 0 Å². The van der Waals surface area contributed by atoms with E-state index < -0.39 is 5.54 Å². The zero-order chi connectivity index (χ0) is 14.6. The molecule has 0 aliphatic carbocycles. The average Bonchev–Trinajstić information content (AvgIpc) is 2.46. The first-order valence-corrected chi connectivity index (χ1v) is 7.42. The number of nitrogens with two attached hydrogens (primary N) is 1. The SMILES string of the molecule is CC(C)(CNC(=O)C1(N)CCOCC1)N1CCOCC1.Cl.Cl. The normalized spacial score (nSPS) is 22.1. The molecule has 0 spiro atoms. The number of nitrogens with zero attached hydrogens (tertiary/aromatic N) is 1. The highest BCUT2D eigenvalue weighted by molar-refractivity contribution is 5.86. The number of carbonyl (C=O) groups is 1. The van der Waals surface area contributed by atoms with Gasteiger partial charge in [-0.15, -0.1) is 24.8 Å². The minimum absolute atomic E-state index is 0. The maximum Gasteiger partial charge on any atom is 0.240 e. The number of amides is 1. The second-order valence-corrected chi connectivity index (χ2v) is 6.36. The van der Waals surface area contributed by atoms with Crippen molar-refractivity contribution in [3.63, 3.8) is 0 Å². The number of carbonyl (C=O) groups excluding carboxylic acids is 1. The molecule has 0 aromatic rings. The van der Waals surface area contributed by atoms with Crippen molar-refractivity contribution < 1.29 is 14.3 Å². The Morgan fingerprint density at radius 2 is 1.64 bits per heavy atom. The first kappa shape index (κ1) is 21.9. The largest absolute Gasteiger partial charge is 0.381 e. The first-order chi connectivity index (χ1) is 9.44. The molecule has 2 aliphatic rings. The van der Waals surface area contributed by atoms with Gasteiger partial charge in [0.15, 0.2) is 0 Å². The molecule has 2 aliphatic heterocycles. The number of hydrogen-bond acceptors (Lipinski definition) is 5. The summed E-state index contributed by atoms with van der Waals surface area (Å²) in [7, 11) is 0. The summed E-state index contributed by atoms with van der Waals surface area (Å²) < 4.78 is 10.6. The van der Waals surface area contributed by atoms with Crippen LogP contribution in [0.5, 0.6) is 0 Å². The molecule has 0 unspecified atom stereocenters. The summed E-state index contributed by atoms with van der Waals surface area (Å²) in [5, 5.41) is 3.03. The van der Waals surface area contributed by atoms with E-state index in [1.807, 2.05) is 0 Å². The Bertz CT molecular complexity index is 344. The van der Waals surface area contributed by atoms with E-state index in [0.29, 0.717) is 32.6 Å². The van der Waals surface area contributed by atoms with Gasteiger partial charge in [0, 0.05) is 38.4 Å². The van der Waals surface area contributed by atoms with E-state index in [-0.39, 0.29) is 36.3 Å². The fourth-order valence-electron chi connectivity index (χ4n) is 2.72. The zero-order valence-corrected chi connectivity index (χ0v) is 15.1. The Morgan fingerprint density at radius 3 is 2.18 bits per heavy atom. The molecule has 0 aromatic heterocycles. The first-order valence-electron chi connectivity index (χ1n) is 7.42. The average molecular weight is 358 g/mol. The fraction of sp³-hybridized carbons (Fsp3) is 0.929.